The molecule has 0 spiro atoms. The number of ketones is 1. The van der Waals surface area contributed by atoms with Gasteiger partial charge >= 0.3 is 11.9 Å². The smallest absolute Gasteiger partial charge is 0.337 e. The molecule has 7 heteroatoms. The molecule has 166 valence electrons. The zero-order valence-electron chi connectivity index (χ0n) is 18.5. The first-order chi connectivity index (χ1) is 14.7. The van der Waals surface area contributed by atoms with Crippen LogP contribution in [0.4, 0.5) is 0 Å². The van der Waals surface area contributed by atoms with Gasteiger partial charge in [0, 0.05) is 27.4 Å². The average molecular weight is 490 g/mol. The second-order valence-corrected chi connectivity index (χ2v) is 9.13. The van der Waals surface area contributed by atoms with E-state index in [2.05, 4.69) is 21.2 Å². The second-order valence-electron chi connectivity index (χ2n) is 8.21. The average Bonchev–Trinajstić information content (AvgIpc) is 2.72. The van der Waals surface area contributed by atoms with Crippen LogP contribution in [0.3, 0.4) is 0 Å². The van der Waals surface area contributed by atoms with E-state index in [1.807, 2.05) is 52.0 Å². The molecule has 0 radical (unpaired) electrons. The van der Waals surface area contributed by atoms with Crippen LogP contribution in [0.25, 0.3) is 0 Å². The van der Waals surface area contributed by atoms with E-state index in [0.717, 1.165) is 15.7 Å². The van der Waals surface area contributed by atoms with Gasteiger partial charge in [-0.15, -0.1) is 0 Å². The summed E-state index contributed by atoms with van der Waals surface area (Å²) < 4.78 is 11.4. The Kier molecular flexibility index (Phi) is 7.04. The number of benzene rings is 1. The maximum Gasteiger partial charge on any atom is 0.337 e. The molecule has 1 aromatic carbocycles. The third-order valence-corrected chi connectivity index (χ3v) is 6.52. The normalized spacial score (nSPS) is 24.3. The fraction of sp³-hybridized carbons (Fsp3) is 0.458. The third-order valence-electron chi connectivity index (χ3n) is 6.03. The van der Waals surface area contributed by atoms with Crippen LogP contribution >= 0.6 is 15.9 Å². The molecule has 1 aliphatic carbocycles. The van der Waals surface area contributed by atoms with Gasteiger partial charge in [-0.25, -0.2) is 4.79 Å². The number of carbonyl (C=O) groups excluding carboxylic acids is 3. The van der Waals surface area contributed by atoms with Crippen molar-refractivity contribution >= 4 is 33.7 Å². The molecule has 4 atom stereocenters. The van der Waals surface area contributed by atoms with Gasteiger partial charge < -0.3 is 14.8 Å². The van der Waals surface area contributed by atoms with Crippen molar-refractivity contribution in [2.45, 2.75) is 52.6 Å². The topological polar surface area (TPSA) is 81.7 Å². The third kappa shape index (κ3) is 4.47. The molecule has 0 aromatic heterocycles. The lowest BCUT2D eigenvalue weighted by atomic mass is 9.69. The number of allylic oxidation sites excluding steroid dienone is 3. The Morgan fingerprint density at radius 3 is 2.65 bits per heavy atom. The first kappa shape index (κ1) is 23.3. The Morgan fingerprint density at radius 2 is 2.03 bits per heavy atom. The molecule has 0 fully saturated rings. The standard InChI is InChI=1S/C24H28BrNO5/c1-6-13(3)31-24(29)19-14(4)26-17-10-12(2)18(23(28)30-5)22(27)21(17)20(19)15-8-7-9-16(25)11-15/h7-9,11-13,18,20,26H,6,10H2,1-5H3/t12-,13+,18-,20-/m1/s1. The summed E-state index contributed by atoms with van der Waals surface area (Å²) in [5.74, 6) is -3.05. The number of esters is 2. The molecular weight excluding hydrogens is 462 g/mol. The lowest BCUT2D eigenvalue weighted by Gasteiger charge is -2.38. The zero-order chi connectivity index (χ0) is 22.9. The van der Waals surface area contributed by atoms with Crippen molar-refractivity contribution in [2.75, 3.05) is 7.11 Å². The summed E-state index contributed by atoms with van der Waals surface area (Å²) in [6, 6.07) is 7.52. The molecule has 0 bridgehead atoms. The van der Waals surface area contributed by atoms with Crippen LogP contribution in [-0.4, -0.2) is 30.9 Å². The summed E-state index contributed by atoms with van der Waals surface area (Å²) in [6.45, 7) is 7.47. The molecule has 2 aliphatic rings. The summed E-state index contributed by atoms with van der Waals surface area (Å²) in [4.78, 5) is 39.2. The highest BCUT2D eigenvalue weighted by molar-refractivity contribution is 9.10. The summed E-state index contributed by atoms with van der Waals surface area (Å²) in [5, 5.41) is 3.27. The molecule has 0 saturated heterocycles. The van der Waals surface area contributed by atoms with Crippen LogP contribution in [-0.2, 0) is 23.9 Å². The van der Waals surface area contributed by atoms with Gasteiger partial charge in [-0.1, -0.05) is 41.9 Å². The maximum absolute atomic E-state index is 13.6. The van der Waals surface area contributed by atoms with E-state index >= 15 is 0 Å². The minimum absolute atomic E-state index is 0.212. The van der Waals surface area contributed by atoms with Gasteiger partial charge in [0.2, 0.25) is 0 Å². The lowest BCUT2D eigenvalue weighted by molar-refractivity contribution is -0.151. The molecular formula is C24H28BrNO5. The fourth-order valence-electron chi connectivity index (χ4n) is 4.30. The van der Waals surface area contributed by atoms with E-state index in [0.29, 0.717) is 29.7 Å². The van der Waals surface area contributed by atoms with Gasteiger partial charge in [0.25, 0.3) is 0 Å². The molecule has 1 aliphatic heterocycles. The number of Topliss-reactive ketones (excluding diaryl/α,β-unsaturated/α-hetero) is 1. The monoisotopic (exact) mass is 489 g/mol. The highest BCUT2D eigenvalue weighted by Crippen LogP contribution is 2.45. The summed E-state index contributed by atoms with van der Waals surface area (Å²) in [6.07, 6.45) is 0.939. The first-order valence-corrected chi connectivity index (χ1v) is 11.3. The van der Waals surface area contributed by atoms with Crippen molar-refractivity contribution in [1.29, 1.82) is 0 Å². The molecule has 1 N–H and O–H groups in total. The lowest BCUT2D eigenvalue weighted by Crippen LogP contribution is -2.43. The molecule has 0 amide bonds. The number of ether oxygens (including phenoxy) is 2. The van der Waals surface area contributed by atoms with Gasteiger partial charge in [0.15, 0.2) is 5.78 Å². The van der Waals surface area contributed by atoms with Crippen LogP contribution in [0.1, 0.15) is 52.0 Å². The summed E-state index contributed by atoms with van der Waals surface area (Å²) >= 11 is 3.49. The van der Waals surface area contributed by atoms with Crippen molar-refractivity contribution < 1.29 is 23.9 Å². The number of rotatable bonds is 5. The quantitative estimate of drug-likeness (QED) is 0.487. The van der Waals surface area contributed by atoms with E-state index in [4.69, 9.17) is 9.47 Å². The highest BCUT2D eigenvalue weighted by atomic mass is 79.9. The van der Waals surface area contributed by atoms with Gasteiger partial charge in [0.1, 0.15) is 5.92 Å². The molecule has 3 rings (SSSR count). The van der Waals surface area contributed by atoms with Crippen molar-refractivity contribution in [2.24, 2.45) is 11.8 Å². The van der Waals surface area contributed by atoms with Crippen molar-refractivity contribution in [3.8, 4) is 0 Å². The van der Waals surface area contributed by atoms with Crippen LogP contribution in [0.2, 0.25) is 0 Å². The number of methoxy groups -OCH3 is 1. The molecule has 0 unspecified atom stereocenters. The minimum Gasteiger partial charge on any atom is -0.468 e. The van der Waals surface area contributed by atoms with Crippen molar-refractivity contribution in [1.82, 2.24) is 5.32 Å². The van der Waals surface area contributed by atoms with Crippen molar-refractivity contribution in [3.63, 3.8) is 0 Å². The number of hydrogen-bond acceptors (Lipinski definition) is 6. The molecule has 1 aromatic rings. The highest BCUT2D eigenvalue weighted by Gasteiger charge is 2.47. The van der Waals surface area contributed by atoms with E-state index in [-0.39, 0.29) is 17.8 Å². The number of dihydropyridines is 1. The van der Waals surface area contributed by atoms with Gasteiger partial charge in [-0.2, -0.15) is 0 Å². The Balaban J connectivity index is 2.17. The summed E-state index contributed by atoms with van der Waals surface area (Å²) in [7, 11) is 1.29. The predicted molar refractivity (Wildman–Crippen MR) is 120 cm³/mol. The van der Waals surface area contributed by atoms with E-state index < -0.39 is 23.8 Å². The Hall–Kier alpha value is -2.41. The van der Waals surface area contributed by atoms with E-state index in [9.17, 15) is 14.4 Å². The Labute approximate surface area is 191 Å². The predicted octanol–water partition coefficient (Wildman–Crippen LogP) is 4.40. The zero-order valence-corrected chi connectivity index (χ0v) is 20.0. The van der Waals surface area contributed by atoms with Gasteiger partial charge in [0.05, 0.1) is 18.8 Å². The summed E-state index contributed by atoms with van der Waals surface area (Å²) in [5.41, 5.74) is 3.02. The Bertz CT molecular complexity index is 980. The van der Waals surface area contributed by atoms with Crippen LogP contribution in [0.15, 0.2) is 51.3 Å². The van der Waals surface area contributed by atoms with Gasteiger partial charge in [-0.3, -0.25) is 9.59 Å². The Morgan fingerprint density at radius 1 is 1.32 bits per heavy atom. The minimum atomic E-state index is -0.898. The SMILES string of the molecule is CC[C@H](C)OC(=O)C1=C(C)NC2=C(C(=O)[C@H](C(=O)OC)[C@H](C)C2)[C@@H]1c1cccc(Br)c1. The van der Waals surface area contributed by atoms with Gasteiger partial charge in [-0.05, 0) is 50.3 Å². The van der Waals surface area contributed by atoms with Crippen molar-refractivity contribution in [3.05, 3.63) is 56.8 Å². The maximum atomic E-state index is 13.6. The molecule has 6 nitrogen and oxygen atoms in total. The number of hydrogen-bond donors (Lipinski definition) is 1. The van der Waals surface area contributed by atoms with Crippen LogP contribution < -0.4 is 5.32 Å². The molecule has 31 heavy (non-hydrogen) atoms. The largest absolute Gasteiger partial charge is 0.468 e. The second kappa shape index (κ2) is 9.39. The number of carbonyl (C=O) groups is 3. The van der Waals surface area contributed by atoms with E-state index in [1.165, 1.54) is 7.11 Å². The van der Waals surface area contributed by atoms with E-state index in [1.54, 1.807) is 0 Å². The molecule has 1 heterocycles. The number of nitrogens with one attached hydrogen (secondary N) is 1. The first-order valence-electron chi connectivity index (χ1n) is 10.5. The number of halogens is 1. The van der Waals surface area contributed by atoms with Crippen LogP contribution in [0.5, 0.6) is 0 Å². The van der Waals surface area contributed by atoms with Crippen LogP contribution in [0, 0.1) is 11.8 Å². The fourth-order valence-corrected chi connectivity index (χ4v) is 4.72. The molecule has 0 saturated carbocycles.